The summed E-state index contributed by atoms with van der Waals surface area (Å²) in [5.41, 5.74) is 1.39. The van der Waals surface area contributed by atoms with Crippen LogP contribution >= 0.6 is 23.5 Å². The molecule has 1 aliphatic carbocycles. The van der Waals surface area contributed by atoms with Crippen molar-refractivity contribution in [2.24, 2.45) is 5.92 Å². The molecule has 1 aromatic heterocycles. The van der Waals surface area contributed by atoms with Crippen molar-refractivity contribution in [2.75, 3.05) is 12.3 Å². The minimum Gasteiger partial charge on any atom is -0.470 e. The van der Waals surface area contributed by atoms with Crippen LogP contribution in [0, 0.1) is 5.92 Å². The maximum Gasteiger partial charge on any atom is 0.260 e. The second-order valence-electron chi connectivity index (χ2n) is 6.70. The van der Waals surface area contributed by atoms with Crippen molar-refractivity contribution in [3.63, 3.8) is 0 Å². The molecule has 2 aromatic rings. The molecule has 6 heteroatoms. The lowest BCUT2D eigenvalue weighted by Gasteiger charge is -2.33. The third-order valence-corrected chi connectivity index (χ3v) is 6.68. The smallest absolute Gasteiger partial charge is 0.260 e. The number of aromatic nitrogens is 2. The Balaban J connectivity index is 1.41. The van der Waals surface area contributed by atoms with E-state index in [0.717, 1.165) is 42.0 Å². The first-order valence-electron chi connectivity index (χ1n) is 8.73. The lowest BCUT2D eigenvalue weighted by molar-refractivity contribution is 0.0654. The summed E-state index contributed by atoms with van der Waals surface area (Å²) in [6, 6.07) is 11.3. The predicted molar refractivity (Wildman–Crippen MR) is 98.7 cm³/mol. The Kier molecular flexibility index (Phi) is 5.06. The molecular weight excluding hydrogens is 338 g/mol. The molecule has 2 aliphatic rings. The minimum atomic E-state index is 0.261. The molecule has 24 heavy (non-hydrogen) atoms. The Morgan fingerprint density at radius 2 is 2.12 bits per heavy atom. The first kappa shape index (κ1) is 16.4. The van der Waals surface area contributed by atoms with E-state index in [1.54, 1.807) is 11.8 Å². The van der Waals surface area contributed by atoms with E-state index in [1.165, 1.54) is 30.3 Å². The zero-order chi connectivity index (χ0) is 16.4. The SMILES string of the molecule is CCCSc1nsnc1OC1CC2CC1N(Cc1ccccc1)C2. The average Bonchev–Trinajstić information content (AvgIpc) is 3.30. The summed E-state index contributed by atoms with van der Waals surface area (Å²) in [4.78, 5) is 2.59. The van der Waals surface area contributed by atoms with Crippen LogP contribution < -0.4 is 4.74 Å². The van der Waals surface area contributed by atoms with Gasteiger partial charge in [-0.05, 0) is 36.5 Å². The van der Waals surface area contributed by atoms with Crippen LogP contribution in [0.15, 0.2) is 35.4 Å². The molecule has 1 saturated carbocycles. The quantitative estimate of drug-likeness (QED) is 0.695. The monoisotopic (exact) mass is 361 g/mol. The highest BCUT2D eigenvalue weighted by Gasteiger charge is 2.46. The van der Waals surface area contributed by atoms with E-state index in [2.05, 4.69) is 50.9 Å². The lowest BCUT2D eigenvalue weighted by atomic mass is 10.1. The normalized spacial score (nSPS) is 26.1. The molecule has 128 valence electrons. The van der Waals surface area contributed by atoms with Crippen molar-refractivity contribution >= 4 is 23.5 Å². The molecule has 0 N–H and O–H groups in total. The topological polar surface area (TPSA) is 38.3 Å². The zero-order valence-corrected chi connectivity index (χ0v) is 15.6. The van der Waals surface area contributed by atoms with E-state index in [0.29, 0.717) is 6.04 Å². The van der Waals surface area contributed by atoms with Gasteiger partial charge in [0, 0.05) is 19.1 Å². The third kappa shape index (κ3) is 3.46. The van der Waals surface area contributed by atoms with Gasteiger partial charge in [-0.15, -0.1) is 4.37 Å². The van der Waals surface area contributed by atoms with Crippen LogP contribution in [0.2, 0.25) is 0 Å². The Bertz CT molecular complexity index is 663. The number of fused-ring (bicyclic) bond motifs is 2. The van der Waals surface area contributed by atoms with Crippen LogP contribution in [-0.2, 0) is 6.54 Å². The molecule has 4 nitrogen and oxygen atoms in total. The van der Waals surface area contributed by atoms with Crippen LogP contribution in [0.1, 0.15) is 31.7 Å². The van der Waals surface area contributed by atoms with E-state index in [9.17, 15) is 0 Å². The number of benzene rings is 1. The molecule has 2 heterocycles. The summed E-state index contributed by atoms with van der Waals surface area (Å²) in [5, 5.41) is 0.972. The minimum absolute atomic E-state index is 0.261. The van der Waals surface area contributed by atoms with E-state index < -0.39 is 0 Å². The van der Waals surface area contributed by atoms with Gasteiger partial charge in [-0.1, -0.05) is 49.0 Å². The first-order valence-corrected chi connectivity index (χ1v) is 10.4. The summed E-state index contributed by atoms with van der Waals surface area (Å²) in [5.74, 6) is 2.59. The summed E-state index contributed by atoms with van der Waals surface area (Å²) in [6.07, 6.45) is 3.82. The number of hydrogen-bond donors (Lipinski definition) is 0. The summed E-state index contributed by atoms with van der Waals surface area (Å²) >= 11 is 3.02. The van der Waals surface area contributed by atoms with Gasteiger partial charge in [0.05, 0.1) is 11.7 Å². The van der Waals surface area contributed by atoms with E-state index in [1.807, 2.05) is 0 Å². The highest BCUT2D eigenvalue weighted by atomic mass is 32.2. The second-order valence-corrected chi connectivity index (χ2v) is 8.31. The fraction of sp³-hybridized carbons (Fsp3) is 0.556. The lowest BCUT2D eigenvalue weighted by Crippen LogP contribution is -2.43. The van der Waals surface area contributed by atoms with Crippen LogP contribution in [0.3, 0.4) is 0 Å². The van der Waals surface area contributed by atoms with Gasteiger partial charge in [0.25, 0.3) is 5.88 Å². The molecule has 3 unspecified atom stereocenters. The molecule has 0 radical (unpaired) electrons. The van der Waals surface area contributed by atoms with Gasteiger partial charge in [-0.25, -0.2) is 0 Å². The van der Waals surface area contributed by atoms with Crippen molar-refractivity contribution in [3.05, 3.63) is 35.9 Å². The molecule has 2 fully saturated rings. The number of thioether (sulfide) groups is 1. The number of ether oxygens (including phenoxy) is 1. The highest BCUT2D eigenvalue weighted by Crippen LogP contribution is 2.41. The van der Waals surface area contributed by atoms with Crippen LogP contribution in [-0.4, -0.2) is 38.1 Å². The van der Waals surface area contributed by atoms with E-state index >= 15 is 0 Å². The number of piperidine rings is 1. The first-order chi connectivity index (χ1) is 11.8. The van der Waals surface area contributed by atoms with E-state index in [-0.39, 0.29) is 6.10 Å². The number of nitrogens with zero attached hydrogens (tertiary/aromatic N) is 3. The fourth-order valence-electron chi connectivity index (χ4n) is 3.88. The van der Waals surface area contributed by atoms with Crippen molar-refractivity contribution in [2.45, 2.75) is 49.9 Å². The molecule has 1 saturated heterocycles. The standard InChI is InChI=1S/C18H23N3OS2/c1-2-8-23-18-17(19-24-20-18)22-16-10-14-9-15(16)21(12-14)11-13-6-4-3-5-7-13/h3-7,14-16H,2,8-12H2,1H3. The number of likely N-dealkylation sites (tertiary alicyclic amines) is 1. The predicted octanol–water partition coefficient (Wildman–Crippen LogP) is 4.08. The second kappa shape index (κ2) is 7.42. The third-order valence-electron chi connectivity index (χ3n) is 4.90. The summed E-state index contributed by atoms with van der Waals surface area (Å²) in [6.45, 7) is 4.41. The van der Waals surface area contributed by atoms with Crippen molar-refractivity contribution in [1.29, 1.82) is 0 Å². The van der Waals surface area contributed by atoms with Crippen LogP contribution in [0.25, 0.3) is 0 Å². The van der Waals surface area contributed by atoms with Gasteiger partial charge < -0.3 is 4.74 Å². The molecule has 3 atom stereocenters. The molecule has 0 amide bonds. The summed E-state index contributed by atoms with van der Waals surface area (Å²) < 4.78 is 15.1. The van der Waals surface area contributed by atoms with Gasteiger partial charge in [0.15, 0.2) is 5.03 Å². The molecule has 1 aromatic carbocycles. The van der Waals surface area contributed by atoms with Gasteiger partial charge in [-0.3, -0.25) is 4.90 Å². The summed E-state index contributed by atoms with van der Waals surface area (Å²) in [7, 11) is 0. The molecule has 2 bridgehead atoms. The molecular formula is C18H23N3OS2. The Hall–Kier alpha value is -1.11. The zero-order valence-electron chi connectivity index (χ0n) is 13.9. The van der Waals surface area contributed by atoms with E-state index in [4.69, 9.17) is 4.74 Å². The fourth-order valence-corrected chi connectivity index (χ4v) is 5.26. The Labute approximate surface area is 151 Å². The van der Waals surface area contributed by atoms with Gasteiger partial charge in [0.1, 0.15) is 6.10 Å². The average molecular weight is 362 g/mol. The van der Waals surface area contributed by atoms with Crippen molar-refractivity contribution in [3.8, 4) is 5.88 Å². The molecule has 4 rings (SSSR count). The Morgan fingerprint density at radius 3 is 2.92 bits per heavy atom. The molecule has 0 spiro atoms. The van der Waals surface area contributed by atoms with Crippen LogP contribution in [0.5, 0.6) is 5.88 Å². The number of rotatable bonds is 7. The van der Waals surface area contributed by atoms with Gasteiger partial charge in [0.2, 0.25) is 0 Å². The number of hydrogen-bond acceptors (Lipinski definition) is 6. The van der Waals surface area contributed by atoms with Crippen LogP contribution in [0.4, 0.5) is 0 Å². The Morgan fingerprint density at radius 1 is 1.25 bits per heavy atom. The maximum atomic E-state index is 6.32. The maximum absolute atomic E-state index is 6.32. The largest absolute Gasteiger partial charge is 0.470 e. The van der Waals surface area contributed by atoms with Crippen molar-refractivity contribution in [1.82, 2.24) is 13.6 Å². The molecule has 1 aliphatic heterocycles. The van der Waals surface area contributed by atoms with Gasteiger partial charge >= 0.3 is 0 Å². The van der Waals surface area contributed by atoms with Crippen molar-refractivity contribution < 1.29 is 4.74 Å². The van der Waals surface area contributed by atoms with Gasteiger partial charge in [-0.2, -0.15) is 4.37 Å². The highest BCUT2D eigenvalue weighted by molar-refractivity contribution is 7.99.